The number of rotatable bonds is 3. The predicted octanol–water partition coefficient (Wildman–Crippen LogP) is 1.63. The Labute approximate surface area is 112 Å². The van der Waals surface area contributed by atoms with Gasteiger partial charge in [-0.15, -0.1) is 11.3 Å². The van der Waals surface area contributed by atoms with Gasteiger partial charge < -0.3 is 15.4 Å². The van der Waals surface area contributed by atoms with Crippen LogP contribution in [0.15, 0.2) is 17.5 Å². The van der Waals surface area contributed by atoms with Crippen molar-refractivity contribution in [2.45, 2.75) is 25.5 Å². The lowest BCUT2D eigenvalue weighted by molar-refractivity contribution is -0.137. The zero-order valence-corrected chi connectivity index (χ0v) is 11.7. The van der Waals surface area contributed by atoms with Crippen LogP contribution in [0.3, 0.4) is 0 Å². The molecule has 3 atom stereocenters. The molecule has 5 heteroatoms. The molecule has 0 spiro atoms. The van der Waals surface area contributed by atoms with Crippen molar-refractivity contribution in [3.63, 3.8) is 0 Å². The molecular formula is C13H20N2O2S. The van der Waals surface area contributed by atoms with Gasteiger partial charge in [-0.2, -0.15) is 0 Å². The second-order valence-corrected chi connectivity index (χ2v) is 5.80. The van der Waals surface area contributed by atoms with Gasteiger partial charge in [-0.1, -0.05) is 13.0 Å². The Bertz CT molecular complexity index is 394. The molecule has 2 heterocycles. The second-order valence-electron chi connectivity index (χ2n) is 4.82. The fraction of sp³-hybridized carbons (Fsp3) is 0.615. The van der Waals surface area contributed by atoms with E-state index in [4.69, 9.17) is 10.5 Å². The number of hydrogen-bond acceptors (Lipinski definition) is 4. The topological polar surface area (TPSA) is 55.6 Å². The van der Waals surface area contributed by atoms with Crippen LogP contribution in [0.1, 0.15) is 24.3 Å². The quantitative estimate of drug-likeness (QED) is 0.906. The summed E-state index contributed by atoms with van der Waals surface area (Å²) in [6.45, 7) is 3.59. The average Bonchev–Trinajstić information content (AvgIpc) is 2.91. The molecule has 0 aliphatic carbocycles. The monoisotopic (exact) mass is 268 g/mol. The number of hydrogen-bond donors (Lipinski definition) is 1. The van der Waals surface area contributed by atoms with Gasteiger partial charge in [0.2, 0.25) is 5.91 Å². The first-order chi connectivity index (χ1) is 8.63. The molecule has 1 aliphatic heterocycles. The zero-order valence-electron chi connectivity index (χ0n) is 10.8. The normalized spacial score (nSPS) is 26.1. The third-order valence-corrected chi connectivity index (χ3v) is 4.57. The number of nitrogens with zero attached hydrogens (tertiary/aromatic N) is 1. The Morgan fingerprint density at radius 2 is 2.44 bits per heavy atom. The van der Waals surface area contributed by atoms with Crippen LogP contribution >= 0.6 is 11.3 Å². The Morgan fingerprint density at radius 1 is 1.67 bits per heavy atom. The van der Waals surface area contributed by atoms with Crippen LogP contribution in [-0.4, -0.2) is 37.1 Å². The molecule has 18 heavy (non-hydrogen) atoms. The van der Waals surface area contributed by atoms with E-state index in [-0.39, 0.29) is 12.0 Å². The van der Waals surface area contributed by atoms with E-state index in [9.17, 15) is 4.79 Å². The highest BCUT2D eigenvalue weighted by Crippen LogP contribution is 2.24. The molecule has 100 valence electrons. The minimum absolute atomic E-state index is 0.00593. The maximum Gasteiger partial charge on any atom is 0.245 e. The number of carbonyl (C=O) groups is 1. The van der Waals surface area contributed by atoms with Crippen LogP contribution in [0.5, 0.6) is 0 Å². The van der Waals surface area contributed by atoms with E-state index in [1.54, 1.807) is 7.11 Å². The van der Waals surface area contributed by atoms with Gasteiger partial charge in [0.1, 0.15) is 6.04 Å². The predicted molar refractivity (Wildman–Crippen MR) is 72.4 cm³/mol. The highest BCUT2D eigenvalue weighted by Gasteiger charge is 2.31. The number of piperidine rings is 1. The van der Waals surface area contributed by atoms with Gasteiger partial charge in [-0.05, 0) is 23.8 Å². The number of ether oxygens (including phenoxy) is 1. The Morgan fingerprint density at radius 3 is 3.06 bits per heavy atom. The standard InChI is InChI=1S/C13H20N2O2S/c1-9-5-6-15(8-10(9)17-2)13(16)12(14)11-4-3-7-18-11/h3-4,7,9-10,12H,5-6,8,14H2,1-2H3. The first kappa shape index (κ1) is 13.5. The number of methoxy groups -OCH3 is 1. The summed E-state index contributed by atoms with van der Waals surface area (Å²) in [7, 11) is 1.70. The molecule has 0 saturated carbocycles. The molecular weight excluding hydrogens is 248 g/mol. The van der Waals surface area contributed by atoms with Crippen LogP contribution in [0.25, 0.3) is 0 Å². The fourth-order valence-corrected chi connectivity index (χ4v) is 3.05. The minimum atomic E-state index is -0.532. The lowest BCUT2D eigenvalue weighted by Crippen LogP contribution is -2.49. The van der Waals surface area contributed by atoms with Crippen LogP contribution in [-0.2, 0) is 9.53 Å². The summed E-state index contributed by atoms with van der Waals surface area (Å²) < 4.78 is 5.42. The van der Waals surface area contributed by atoms with Gasteiger partial charge in [0, 0.05) is 25.1 Å². The average molecular weight is 268 g/mol. The van der Waals surface area contributed by atoms with Crippen molar-refractivity contribution in [2.24, 2.45) is 11.7 Å². The highest BCUT2D eigenvalue weighted by atomic mass is 32.1. The minimum Gasteiger partial charge on any atom is -0.379 e. The van der Waals surface area contributed by atoms with Crippen molar-refractivity contribution in [3.05, 3.63) is 22.4 Å². The van der Waals surface area contributed by atoms with Crippen molar-refractivity contribution in [2.75, 3.05) is 20.2 Å². The fourth-order valence-electron chi connectivity index (χ4n) is 2.33. The molecule has 1 aliphatic rings. The molecule has 0 radical (unpaired) electrons. The molecule has 1 fully saturated rings. The summed E-state index contributed by atoms with van der Waals surface area (Å²) in [4.78, 5) is 15.1. The molecule has 1 saturated heterocycles. The first-order valence-electron chi connectivity index (χ1n) is 6.24. The SMILES string of the molecule is COC1CN(C(=O)C(N)c2cccs2)CCC1C. The van der Waals surface area contributed by atoms with Gasteiger partial charge in [0.15, 0.2) is 0 Å². The van der Waals surface area contributed by atoms with E-state index in [1.807, 2.05) is 22.4 Å². The molecule has 3 unspecified atom stereocenters. The molecule has 1 aromatic rings. The summed E-state index contributed by atoms with van der Waals surface area (Å²) in [5.74, 6) is 0.503. The largest absolute Gasteiger partial charge is 0.379 e. The number of nitrogens with two attached hydrogens (primary N) is 1. The van der Waals surface area contributed by atoms with Gasteiger partial charge >= 0.3 is 0 Å². The lowest BCUT2D eigenvalue weighted by atomic mass is 9.95. The van der Waals surface area contributed by atoms with Crippen LogP contribution in [0.4, 0.5) is 0 Å². The third-order valence-electron chi connectivity index (χ3n) is 3.62. The molecule has 1 aromatic heterocycles. The van der Waals surface area contributed by atoms with Crippen molar-refractivity contribution < 1.29 is 9.53 Å². The summed E-state index contributed by atoms with van der Waals surface area (Å²) in [5.41, 5.74) is 6.01. The highest BCUT2D eigenvalue weighted by molar-refractivity contribution is 7.10. The maximum atomic E-state index is 12.3. The van der Waals surface area contributed by atoms with Crippen molar-refractivity contribution in [3.8, 4) is 0 Å². The number of thiophene rings is 1. The molecule has 1 amide bonds. The van der Waals surface area contributed by atoms with E-state index >= 15 is 0 Å². The first-order valence-corrected chi connectivity index (χ1v) is 7.12. The maximum absolute atomic E-state index is 12.3. The van der Waals surface area contributed by atoms with E-state index in [2.05, 4.69) is 6.92 Å². The molecule has 2 N–H and O–H groups in total. The van der Waals surface area contributed by atoms with Crippen LogP contribution in [0, 0.1) is 5.92 Å². The van der Waals surface area contributed by atoms with E-state index in [0.717, 1.165) is 17.8 Å². The van der Waals surface area contributed by atoms with E-state index < -0.39 is 6.04 Å². The Hall–Kier alpha value is -0.910. The molecule has 0 aromatic carbocycles. The molecule has 4 nitrogen and oxygen atoms in total. The van der Waals surface area contributed by atoms with Crippen molar-refractivity contribution in [1.29, 1.82) is 0 Å². The zero-order chi connectivity index (χ0) is 13.1. The number of carbonyl (C=O) groups excluding carboxylic acids is 1. The Kier molecular flexibility index (Phi) is 4.37. The van der Waals surface area contributed by atoms with Gasteiger partial charge in [-0.3, -0.25) is 4.79 Å². The lowest BCUT2D eigenvalue weighted by Gasteiger charge is -2.37. The van der Waals surface area contributed by atoms with Gasteiger partial charge in [0.05, 0.1) is 6.10 Å². The van der Waals surface area contributed by atoms with Crippen LogP contribution < -0.4 is 5.73 Å². The summed E-state index contributed by atoms with van der Waals surface area (Å²) in [5, 5.41) is 1.94. The molecule has 0 bridgehead atoms. The van der Waals surface area contributed by atoms with E-state index in [0.29, 0.717) is 12.5 Å². The summed E-state index contributed by atoms with van der Waals surface area (Å²) in [6.07, 6.45) is 1.10. The Balaban J connectivity index is 2.01. The number of amides is 1. The summed E-state index contributed by atoms with van der Waals surface area (Å²) in [6, 6.07) is 3.30. The van der Waals surface area contributed by atoms with Crippen LogP contribution in [0.2, 0.25) is 0 Å². The van der Waals surface area contributed by atoms with Crippen molar-refractivity contribution in [1.82, 2.24) is 4.90 Å². The third kappa shape index (κ3) is 2.74. The summed E-state index contributed by atoms with van der Waals surface area (Å²) >= 11 is 1.53. The number of likely N-dealkylation sites (tertiary alicyclic amines) is 1. The van der Waals surface area contributed by atoms with E-state index in [1.165, 1.54) is 11.3 Å². The van der Waals surface area contributed by atoms with Gasteiger partial charge in [-0.25, -0.2) is 0 Å². The second kappa shape index (κ2) is 5.82. The molecule has 2 rings (SSSR count). The van der Waals surface area contributed by atoms with Gasteiger partial charge in [0.25, 0.3) is 0 Å². The van der Waals surface area contributed by atoms with Crippen molar-refractivity contribution >= 4 is 17.2 Å². The smallest absolute Gasteiger partial charge is 0.245 e.